The van der Waals surface area contributed by atoms with Crippen molar-refractivity contribution in [3.63, 3.8) is 0 Å². The molecule has 0 aliphatic carbocycles. The summed E-state index contributed by atoms with van der Waals surface area (Å²) in [5, 5.41) is 9.23. The Morgan fingerprint density at radius 1 is 1.50 bits per heavy atom. The molecule has 0 amide bonds. The molecule has 0 saturated heterocycles. The van der Waals surface area contributed by atoms with Crippen molar-refractivity contribution in [3.8, 4) is 5.75 Å². The van der Waals surface area contributed by atoms with Crippen LogP contribution in [0.5, 0.6) is 5.75 Å². The van der Waals surface area contributed by atoms with Crippen molar-refractivity contribution >= 4 is 22.0 Å². The highest BCUT2D eigenvalue weighted by molar-refractivity contribution is 9.10. The summed E-state index contributed by atoms with van der Waals surface area (Å²) >= 11 is 3.03. The lowest BCUT2D eigenvalue weighted by atomic mass is 10.2. The van der Waals surface area contributed by atoms with Crippen molar-refractivity contribution in [2.75, 3.05) is 0 Å². The molecule has 0 saturated carbocycles. The van der Waals surface area contributed by atoms with Gasteiger partial charge in [-0.15, -0.1) is 0 Å². The molecule has 0 bridgehead atoms. The predicted octanol–water partition coefficient (Wildman–Crippen LogP) is 3.33. The molecule has 0 radical (unpaired) electrons. The lowest BCUT2D eigenvalue weighted by Gasteiger charge is -2.00. The number of allylic oxidation sites excluding steroid dienone is 1. The molecule has 0 aromatic heterocycles. The van der Waals surface area contributed by atoms with Gasteiger partial charge in [-0.05, 0) is 28.9 Å². The lowest BCUT2D eigenvalue weighted by Crippen LogP contribution is -1.80. The summed E-state index contributed by atoms with van der Waals surface area (Å²) in [6, 6.07) is 2.62. The summed E-state index contributed by atoms with van der Waals surface area (Å²) < 4.78 is 13.1. The Morgan fingerprint density at radius 3 is 2.75 bits per heavy atom. The molecule has 0 spiro atoms. The average molecular weight is 231 g/mol. The summed E-state index contributed by atoms with van der Waals surface area (Å²) in [5.41, 5.74) is 0.603. The summed E-state index contributed by atoms with van der Waals surface area (Å²) in [6.45, 7) is 1.83. The molecule has 1 rings (SSSR count). The largest absolute Gasteiger partial charge is 0.507 e. The van der Waals surface area contributed by atoms with Crippen LogP contribution < -0.4 is 0 Å². The maximum Gasteiger partial charge on any atom is 0.141 e. The van der Waals surface area contributed by atoms with E-state index in [0.717, 1.165) is 6.07 Å². The third-order valence-electron chi connectivity index (χ3n) is 1.42. The van der Waals surface area contributed by atoms with E-state index in [1.54, 1.807) is 12.2 Å². The van der Waals surface area contributed by atoms with Crippen molar-refractivity contribution in [3.05, 3.63) is 34.1 Å². The van der Waals surface area contributed by atoms with Gasteiger partial charge in [0.25, 0.3) is 0 Å². The Hall–Kier alpha value is -0.830. The number of rotatable bonds is 1. The maximum atomic E-state index is 12.8. The Morgan fingerprint density at radius 2 is 2.17 bits per heavy atom. The van der Waals surface area contributed by atoms with Crippen LogP contribution in [0.25, 0.3) is 6.08 Å². The van der Waals surface area contributed by atoms with E-state index < -0.39 is 5.82 Å². The number of halogens is 2. The van der Waals surface area contributed by atoms with Crippen LogP contribution in [0.2, 0.25) is 0 Å². The summed E-state index contributed by atoms with van der Waals surface area (Å²) in [4.78, 5) is 0. The van der Waals surface area contributed by atoms with Gasteiger partial charge in [-0.3, -0.25) is 0 Å². The van der Waals surface area contributed by atoms with Gasteiger partial charge in [0.1, 0.15) is 11.6 Å². The van der Waals surface area contributed by atoms with Gasteiger partial charge in [-0.25, -0.2) is 4.39 Å². The molecule has 12 heavy (non-hydrogen) atoms. The smallest absolute Gasteiger partial charge is 0.141 e. The number of phenolic OH excluding ortho intramolecular Hbond substituents is 1. The van der Waals surface area contributed by atoms with E-state index in [1.807, 2.05) is 6.92 Å². The van der Waals surface area contributed by atoms with Crippen molar-refractivity contribution < 1.29 is 9.50 Å². The molecule has 0 atom stereocenters. The van der Waals surface area contributed by atoms with E-state index in [2.05, 4.69) is 15.9 Å². The van der Waals surface area contributed by atoms with Crippen LogP contribution in [0.4, 0.5) is 4.39 Å². The molecule has 1 nitrogen and oxygen atoms in total. The van der Waals surface area contributed by atoms with Crippen molar-refractivity contribution in [2.45, 2.75) is 6.92 Å². The molecule has 3 heteroatoms. The van der Waals surface area contributed by atoms with Gasteiger partial charge in [0.05, 0.1) is 4.47 Å². The van der Waals surface area contributed by atoms with Crippen LogP contribution in [0.1, 0.15) is 12.5 Å². The van der Waals surface area contributed by atoms with Gasteiger partial charge in [0, 0.05) is 11.6 Å². The zero-order valence-electron chi connectivity index (χ0n) is 6.51. The molecule has 0 fully saturated rings. The number of aromatic hydroxyl groups is 1. The van der Waals surface area contributed by atoms with E-state index >= 15 is 0 Å². The first-order valence-corrected chi connectivity index (χ1v) is 4.25. The average Bonchev–Trinajstić information content (AvgIpc) is 2.01. The molecule has 0 aliphatic heterocycles. The second-order valence-corrected chi connectivity index (χ2v) is 3.18. The SMILES string of the molecule is C/C=C/c1cc(Br)c(F)cc1O. The Labute approximate surface area is 78.7 Å². The quantitative estimate of drug-likeness (QED) is 0.785. The highest BCUT2D eigenvalue weighted by Crippen LogP contribution is 2.26. The van der Waals surface area contributed by atoms with Gasteiger partial charge in [-0.1, -0.05) is 12.2 Å². The van der Waals surface area contributed by atoms with E-state index in [4.69, 9.17) is 0 Å². The highest BCUT2D eigenvalue weighted by Gasteiger charge is 2.03. The van der Waals surface area contributed by atoms with Crippen molar-refractivity contribution in [1.29, 1.82) is 0 Å². The second kappa shape index (κ2) is 3.72. The Bertz CT molecular complexity index is 321. The Kier molecular flexibility index (Phi) is 2.87. The normalized spacial score (nSPS) is 10.9. The van der Waals surface area contributed by atoms with Gasteiger partial charge in [-0.2, -0.15) is 0 Å². The lowest BCUT2D eigenvalue weighted by molar-refractivity contribution is 0.467. The second-order valence-electron chi connectivity index (χ2n) is 2.33. The van der Waals surface area contributed by atoms with Crippen LogP contribution in [0.3, 0.4) is 0 Å². The zero-order valence-corrected chi connectivity index (χ0v) is 8.10. The van der Waals surface area contributed by atoms with Crippen LogP contribution in [-0.4, -0.2) is 5.11 Å². The topological polar surface area (TPSA) is 20.2 Å². The van der Waals surface area contributed by atoms with E-state index in [0.29, 0.717) is 10.0 Å². The maximum absolute atomic E-state index is 12.8. The van der Waals surface area contributed by atoms with E-state index in [1.165, 1.54) is 6.07 Å². The van der Waals surface area contributed by atoms with Crippen LogP contribution in [0.15, 0.2) is 22.7 Å². The third-order valence-corrected chi connectivity index (χ3v) is 2.02. The predicted molar refractivity (Wildman–Crippen MR) is 50.5 cm³/mol. The summed E-state index contributed by atoms with van der Waals surface area (Å²) in [6.07, 6.45) is 3.49. The first kappa shape index (κ1) is 9.26. The Balaban J connectivity index is 3.23. The van der Waals surface area contributed by atoms with Gasteiger partial charge < -0.3 is 5.11 Å². The fourth-order valence-corrected chi connectivity index (χ4v) is 1.23. The highest BCUT2D eigenvalue weighted by atomic mass is 79.9. The van der Waals surface area contributed by atoms with Crippen LogP contribution in [-0.2, 0) is 0 Å². The minimum atomic E-state index is -0.458. The molecule has 64 valence electrons. The van der Waals surface area contributed by atoms with Crippen molar-refractivity contribution in [2.24, 2.45) is 0 Å². The minimum Gasteiger partial charge on any atom is -0.507 e. The summed E-state index contributed by atoms with van der Waals surface area (Å²) in [5.74, 6) is -0.505. The molecular weight excluding hydrogens is 223 g/mol. The fourth-order valence-electron chi connectivity index (χ4n) is 0.865. The standard InChI is InChI=1S/C9H8BrFO/c1-2-3-6-4-7(10)8(11)5-9(6)12/h2-5,12H,1H3/b3-2+. The number of hydrogen-bond acceptors (Lipinski definition) is 1. The van der Waals surface area contributed by atoms with Crippen LogP contribution in [0, 0.1) is 5.82 Å². The molecule has 1 aromatic carbocycles. The number of phenols is 1. The molecule has 0 aliphatic rings. The van der Waals surface area contributed by atoms with Gasteiger partial charge in [0.2, 0.25) is 0 Å². The number of hydrogen-bond donors (Lipinski definition) is 1. The monoisotopic (exact) mass is 230 g/mol. The molecule has 0 unspecified atom stereocenters. The van der Waals surface area contributed by atoms with E-state index in [-0.39, 0.29) is 5.75 Å². The van der Waals surface area contributed by atoms with Gasteiger partial charge >= 0.3 is 0 Å². The number of benzene rings is 1. The molecular formula is C9H8BrFO. The molecule has 1 aromatic rings. The fraction of sp³-hybridized carbons (Fsp3) is 0.111. The minimum absolute atomic E-state index is 0.0474. The first-order chi connectivity index (χ1) is 5.65. The van der Waals surface area contributed by atoms with Crippen molar-refractivity contribution in [1.82, 2.24) is 0 Å². The van der Waals surface area contributed by atoms with Crippen LogP contribution >= 0.6 is 15.9 Å². The van der Waals surface area contributed by atoms with Gasteiger partial charge in [0.15, 0.2) is 0 Å². The molecule has 1 N–H and O–H groups in total. The summed E-state index contributed by atoms with van der Waals surface area (Å²) in [7, 11) is 0. The third kappa shape index (κ3) is 1.85. The zero-order chi connectivity index (χ0) is 9.14. The molecule has 0 heterocycles. The first-order valence-electron chi connectivity index (χ1n) is 3.46. The van der Waals surface area contributed by atoms with E-state index in [9.17, 15) is 9.50 Å².